The molecule has 0 heterocycles. The Bertz CT molecular complexity index is 376. The average molecular weight is 296 g/mol. The van der Waals surface area contributed by atoms with Crippen LogP contribution in [0.25, 0.3) is 0 Å². The van der Waals surface area contributed by atoms with Gasteiger partial charge in [0.15, 0.2) is 0 Å². The van der Waals surface area contributed by atoms with Crippen LogP contribution in [0.5, 0.6) is 0 Å². The fraction of sp³-hybridized carbons (Fsp3) is 0.875. The smallest absolute Gasteiger partial charge is 0.315 e. The van der Waals surface area contributed by atoms with Crippen LogP contribution in [-0.2, 0) is 4.79 Å². The highest BCUT2D eigenvalue weighted by atomic mass is 16.4. The van der Waals surface area contributed by atoms with E-state index in [1.54, 1.807) is 0 Å². The zero-order valence-electron chi connectivity index (χ0n) is 13.1. The first kappa shape index (κ1) is 16.1. The van der Waals surface area contributed by atoms with Crippen LogP contribution >= 0.6 is 0 Å². The number of carboxylic acids is 1. The summed E-state index contributed by atoms with van der Waals surface area (Å²) >= 11 is 0. The lowest BCUT2D eigenvalue weighted by Gasteiger charge is -2.32. The molecule has 120 valence electrons. The van der Waals surface area contributed by atoms with Gasteiger partial charge in [0.05, 0.1) is 5.92 Å². The van der Waals surface area contributed by atoms with Gasteiger partial charge in [-0.15, -0.1) is 0 Å². The Morgan fingerprint density at radius 1 is 1.10 bits per heavy atom. The van der Waals surface area contributed by atoms with Crippen molar-refractivity contribution in [3.63, 3.8) is 0 Å². The van der Waals surface area contributed by atoms with Gasteiger partial charge < -0.3 is 15.7 Å². The summed E-state index contributed by atoms with van der Waals surface area (Å²) in [7, 11) is 0. The molecule has 0 spiro atoms. The second kappa shape index (κ2) is 7.14. The van der Waals surface area contributed by atoms with E-state index in [9.17, 15) is 9.59 Å². The number of hydrogen-bond donors (Lipinski definition) is 3. The summed E-state index contributed by atoms with van der Waals surface area (Å²) in [6.45, 7) is 4.94. The summed E-state index contributed by atoms with van der Waals surface area (Å²) in [4.78, 5) is 23.1. The fourth-order valence-electron chi connectivity index (χ4n) is 4.13. The highest BCUT2D eigenvalue weighted by Gasteiger charge is 2.33. The van der Waals surface area contributed by atoms with Crippen LogP contribution in [-0.4, -0.2) is 29.7 Å². The van der Waals surface area contributed by atoms with E-state index >= 15 is 0 Å². The molecule has 2 aliphatic carbocycles. The molecule has 4 unspecified atom stereocenters. The maximum absolute atomic E-state index is 12.0. The van der Waals surface area contributed by atoms with E-state index in [2.05, 4.69) is 24.5 Å². The van der Waals surface area contributed by atoms with Crippen LogP contribution in [0, 0.1) is 23.7 Å². The lowest BCUT2D eigenvalue weighted by Crippen LogP contribution is -2.46. The molecule has 0 aliphatic heterocycles. The number of rotatable bonds is 4. The number of aliphatic carboxylic acids is 1. The van der Waals surface area contributed by atoms with Gasteiger partial charge in [-0.3, -0.25) is 4.79 Å². The Labute approximate surface area is 126 Å². The van der Waals surface area contributed by atoms with Crippen LogP contribution < -0.4 is 10.6 Å². The summed E-state index contributed by atoms with van der Waals surface area (Å²) in [5.74, 6) is 0.377. The third-order valence-electron chi connectivity index (χ3n) is 5.01. The quantitative estimate of drug-likeness (QED) is 0.746. The van der Waals surface area contributed by atoms with Gasteiger partial charge in [-0.1, -0.05) is 20.3 Å². The molecule has 2 amide bonds. The number of carbonyl (C=O) groups excluding carboxylic acids is 1. The summed E-state index contributed by atoms with van der Waals surface area (Å²) < 4.78 is 0. The van der Waals surface area contributed by atoms with Gasteiger partial charge in [0.2, 0.25) is 0 Å². The van der Waals surface area contributed by atoms with Crippen molar-refractivity contribution in [2.45, 2.75) is 58.4 Å². The highest BCUT2D eigenvalue weighted by molar-refractivity contribution is 5.74. The Hall–Kier alpha value is -1.26. The number of carboxylic acid groups (broad SMARTS) is 1. The zero-order valence-corrected chi connectivity index (χ0v) is 13.1. The van der Waals surface area contributed by atoms with Gasteiger partial charge in [-0.25, -0.2) is 4.79 Å². The first-order valence-electron chi connectivity index (χ1n) is 8.23. The number of amides is 2. The Kier molecular flexibility index (Phi) is 5.48. The van der Waals surface area contributed by atoms with E-state index in [1.807, 2.05) is 0 Å². The van der Waals surface area contributed by atoms with Crippen molar-refractivity contribution in [3.8, 4) is 0 Å². The van der Waals surface area contributed by atoms with Gasteiger partial charge in [-0.2, -0.15) is 0 Å². The normalized spacial score (nSPS) is 36.2. The minimum absolute atomic E-state index is 0.0810. The van der Waals surface area contributed by atoms with Crippen LogP contribution in [0.2, 0.25) is 0 Å². The minimum Gasteiger partial charge on any atom is -0.481 e. The molecule has 0 aromatic carbocycles. The van der Waals surface area contributed by atoms with Gasteiger partial charge in [0.1, 0.15) is 0 Å². The molecule has 0 radical (unpaired) electrons. The lowest BCUT2D eigenvalue weighted by molar-refractivity contribution is -0.142. The Morgan fingerprint density at radius 3 is 2.38 bits per heavy atom. The standard InChI is InChI=1S/C16H28N2O3/c1-10-6-11(2)8-13(7-10)18-16(21)17-9-12-4-3-5-14(12)15(19)20/h10-14H,3-9H2,1-2H3,(H,19,20)(H2,17,18,21). The molecule has 2 aliphatic rings. The van der Waals surface area contributed by atoms with Crippen molar-refractivity contribution in [2.24, 2.45) is 23.7 Å². The van der Waals surface area contributed by atoms with Gasteiger partial charge in [-0.05, 0) is 49.9 Å². The van der Waals surface area contributed by atoms with E-state index < -0.39 is 5.97 Å². The van der Waals surface area contributed by atoms with Crippen LogP contribution in [0.15, 0.2) is 0 Å². The molecule has 2 saturated carbocycles. The largest absolute Gasteiger partial charge is 0.481 e. The number of nitrogens with one attached hydrogen (secondary N) is 2. The second-order valence-electron chi connectivity index (χ2n) is 7.10. The molecule has 5 nitrogen and oxygen atoms in total. The predicted molar refractivity (Wildman–Crippen MR) is 81.0 cm³/mol. The first-order valence-corrected chi connectivity index (χ1v) is 8.23. The van der Waals surface area contributed by atoms with E-state index in [0.29, 0.717) is 18.4 Å². The molecule has 21 heavy (non-hydrogen) atoms. The van der Waals surface area contributed by atoms with Crippen LogP contribution in [0.4, 0.5) is 4.79 Å². The van der Waals surface area contributed by atoms with Crippen molar-refractivity contribution in [3.05, 3.63) is 0 Å². The second-order valence-corrected chi connectivity index (χ2v) is 7.10. The molecular formula is C16H28N2O3. The van der Waals surface area contributed by atoms with Crippen molar-refractivity contribution < 1.29 is 14.7 Å². The molecule has 0 saturated heterocycles. The van der Waals surface area contributed by atoms with Gasteiger partial charge >= 0.3 is 12.0 Å². The molecule has 0 aromatic heterocycles. The van der Waals surface area contributed by atoms with E-state index in [4.69, 9.17) is 5.11 Å². The summed E-state index contributed by atoms with van der Waals surface area (Å²) in [5.41, 5.74) is 0. The topological polar surface area (TPSA) is 78.4 Å². The Morgan fingerprint density at radius 2 is 1.76 bits per heavy atom. The summed E-state index contributed by atoms with van der Waals surface area (Å²) in [6.07, 6.45) is 5.90. The van der Waals surface area contributed by atoms with Crippen LogP contribution in [0.3, 0.4) is 0 Å². The summed E-state index contributed by atoms with van der Waals surface area (Å²) in [6, 6.07) is 0.111. The van der Waals surface area contributed by atoms with Crippen molar-refractivity contribution in [1.82, 2.24) is 10.6 Å². The lowest BCUT2D eigenvalue weighted by atomic mass is 9.80. The summed E-state index contributed by atoms with van der Waals surface area (Å²) in [5, 5.41) is 15.1. The first-order chi connectivity index (χ1) is 9.95. The highest BCUT2D eigenvalue weighted by Crippen LogP contribution is 2.31. The van der Waals surface area contributed by atoms with Gasteiger partial charge in [0, 0.05) is 12.6 Å². The van der Waals surface area contributed by atoms with Gasteiger partial charge in [0.25, 0.3) is 0 Å². The van der Waals surface area contributed by atoms with Crippen molar-refractivity contribution in [1.29, 1.82) is 0 Å². The monoisotopic (exact) mass is 296 g/mol. The number of urea groups is 1. The average Bonchev–Trinajstić information content (AvgIpc) is 2.83. The molecule has 3 N–H and O–H groups in total. The van der Waals surface area contributed by atoms with E-state index in [1.165, 1.54) is 6.42 Å². The fourth-order valence-corrected chi connectivity index (χ4v) is 4.13. The van der Waals surface area contributed by atoms with Crippen LogP contribution in [0.1, 0.15) is 52.4 Å². The SMILES string of the molecule is CC1CC(C)CC(NC(=O)NCC2CCCC2C(=O)O)C1. The van der Waals surface area contributed by atoms with Crippen molar-refractivity contribution >= 4 is 12.0 Å². The molecule has 2 fully saturated rings. The molecule has 0 bridgehead atoms. The maximum atomic E-state index is 12.0. The molecular weight excluding hydrogens is 268 g/mol. The maximum Gasteiger partial charge on any atom is 0.315 e. The molecule has 2 rings (SSSR count). The van der Waals surface area contributed by atoms with E-state index in [0.717, 1.165) is 32.1 Å². The Balaban J connectivity index is 1.73. The van der Waals surface area contributed by atoms with Crippen molar-refractivity contribution in [2.75, 3.05) is 6.54 Å². The third-order valence-corrected chi connectivity index (χ3v) is 5.01. The van der Waals surface area contributed by atoms with E-state index in [-0.39, 0.29) is 23.9 Å². The molecule has 0 aromatic rings. The molecule has 4 atom stereocenters. The predicted octanol–water partition coefficient (Wildman–Crippen LogP) is 2.61. The minimum atomic E-state index is -0.727. The third kappa shape index (κ3) is 4.61. The number of carbonyl (C=O) groups is 2. The number of hydrogen-bond acceptors (Lipinski definition) is 2. The molecule has 5 heteroatoms. The zero-order chi connectivity index (χ0) is 15.4.